The fourth-order valence-electron chi connectivity index (χ4n) is 3.42. The highest BCUT2D eigenvalue weighted by molar-refractivity contribution is 7.18. The molecule has 0 spiro atoms. The summed E-state index contributed by atoms with van der Waals surface area (Å²) in [7, 11) is 0. The molecule has 3 unspecified atom stereocenters. The topological polar surface area (TPSA) is 84.0 Å². The van der Waals surface area contributed by atoms with Gasteiger partial charge in [0.2, 0.25) is 0 Å². The van der Waals surface area contributed by atoms with Crippen LogP contribution in [0, 0.1) is 11.3 Å². The van der Waals surface area contributed by atoms with E-state index in [0.29, 0.717) is 18.9 Å². The van der Waals surface area contributed by atoms with Crippen molar-refractivity contribution in [3.8, 4) is 6.07 Å². The number of nitrogens with zero attached hydrogens (tertiary/aromatic N) is 4. The van der Waals surface area contributed by atoms with Crippen LogP contribution in [0.4, 0.5) is 0 Å². The molecule has 4 heterocycles. The van der Waals surface area contributed by atoms with E-state index in [0.717, 1.165) is 34.1 Å². The minimum absolute atomic E-state index is 0.0134. The summed E-state index contributed by atoms with van der Waals surface area (Å²) in [6.07, 6.45) is 3.31. The Labute approximate surface area is 143 Å². The Hall–Kier alpha value is -2.01. The molecule has 3 atom stereocenters. The number of nitriles is 1. The zero-order chi connectivity index (χ0) is 16.7. The van der Waals surface area contributed by atoms with Gasteiger partial charge in [-0.25, -0.2) is 4.98 Å². The largest absolute Gasteiger partial charge is 0.385 e. The number of ether oxygens (including phenoxy) is 1. The lowest BCUT2D eigenvalue weighted by Gasteiger charge is -2.30. The highest BCUT2D eigenvalue weighted by Crippen LogP contribution is 2.36. The van der Waals surface area contributed by atoms with Crippen LogP contribution in [0.5, 0.6) is 0 Å². The number of rotatable bonds is 3. The third-order valence-electron chi connectivity index (χ3n) is 4.55. The predicted octanol–water partition coefficient (Wildman–Crippen LogP) is 3.33. The van der Waals surface area contributed by atoms with E-state index < -0.39 is 6.10 Å². The van der Waals surface area contributed by atoms with Gasteiger partial charge in [-0.15, -0.1) is 11.3 Å². The van der Waals surface area contributed by atoms with Gasteiger partial charge in [0, 0.05) is 0 Å². The number of hydrogen-bond acceptors (Lipinski definition) is 6. The summed E-state index contributed by atoms with van der Waals surface area (Å²) < 4.78 is 9.08. The molecule has 0 aliphatic carbocycles. The fraction of sp³-hybridized carbons (Fsp3) is 0.471. The Kier molecular flexibility index (Phi) is 3.96. The van der Waals surface area contributed by atoms with Crippen LogP contribution in [0.2, 0.25) is 0 Å². The molecule has 1 aliphatic heterocycles. The van der Waals surface area contributed by atoms with Crippen LogP contribution in [0.25, 0.3) is 21.3 Å². The maximum Gasteiger partial charge on any atom is 0.139 e. The molecule has 3 aromatic rings. The first-order valence-corrected chi connectivity index (χ1v) is 8.97. The van der Waals surface area contributed by atoms with Crippen molar-refractivity contribution in [3.05, 3.63) is 23.5 Å². The first-order chi connectivity index (χ1) is 11.7. The lowest BCUT2D eigenvalue weighted by molar-refractivity contribution is -0.00949. The first-order valence-electron chi connectivity index (χ1n) is 8.09. The molecule has 1 aliphatic rings. The van der Waals surface area contributed by atoms with Gasteiger partial charge in [0.1, 0.15) is 17.4 Å². The number of hydrogen-bond donors (Lipinski definition) is 1. The van der Waals surface area contributed by atoms with E-state index in [1.165, 1.54) is 0 Å². The summed E-state index contributed by atoms with van der Waals surface area (Å²) >= 11 is 1.64. The van der Waals surface area contributed by atoms with Crippen molar-refractivity contribution in [2.45, 2.75) is 44.4 Å². The van der Waals surface area contributed by atoms with Gasteiger partial charge in [0.05, 0.1) is 53.2 Å². The minimum atomic E-state index is -0.663. The SMILES string of the molecule is CC(O)c1nc2cnc3ccsc3c2n1C1CCC(CC#N)OC1. The van der Waals surface area contributed by atoms with Crippen molar-refractivity contribution >= 4 is 32.6 Å². The molecule has 124 valence electrons. The number of aliphatic hydroxyl groups is 1. The smallest absolute Gasteiger partial charge is 0.139 e. The van der Waals surface area contributed by atoms with Crippen LogP contribution < -0.4 is 0 Å². The second-order valence-corrected chi connectivity index (χ2v) is 7.11. The number of aromatic nitrogens is 3. The van der Waals surface area contributed by atoms with E-state index >= 15 is 0 Å². The number of thiophene rings is 1. The van der Waals surface area contributed by atoms with Gasteiger partial charge in [-0.1, -0.05) is 0 Å². The monoisotopic (exact) mass is 342 g/mol. The van der Waals surface area contributed by atoms with Gasteiger partial charge >= 0.3 is 0 Å². The molecule has 0 bridgehead atoms. The van der Waals surface area contributed by atoms with Crippen LogP contribution in [0.1, 0.15) is 44.2 Å². The molecule has 1 fully saturated rings. The summed E-state index contributed by atoms with van der Waals surface area (Å²) in [5, 5.41) is 21.1. The molecule has 7 heteroatoms. The zero-order valence-electron chi connectivity index (χ0n) is 13.3. The fourth-order valence-corrected chi connectivity index (χ4v) is 4.31. The van der Waals surface area contributed by atoms with E-state index in [1.54, 1.807) is 24.5 Å². The van der Waals surface area contributed by atoms with E-state index in [1.807, 2.05) is 11.4 Å². The summed E-state index contributed by atoms with van der Waals surface area (Å²) in [6.45, 7) is 2.27. The summed E-state index contributed by atoms with van der Waals surface area (Å²) in [6, 6.07) is 4.29. The molecule has 0 amide bonds. The van der Waals surface area contributed by atoms with E-state index in [4.69, 9.17) is 10.00 Å². The van der Waals surface area contributed by atoms with Crippen molar-refractivity contribution < 1.29 is 9.84 Å². The van der Waals surface area contributed by atoms with Gasteiger partial charge in [0.25, 0.3) is 0 Å². The third-order valence-corrected chi connectivity index (χ3v) is 5.47. The van der Waals surface area contributed by atoms with Gasteiger partial charge in [0.15, 0.2) is 0 Å². The van der Waals surface area contributed by atoms with Gasteiger partial charge in [-0.05, 0) is 31.2 Å². The van der Waals surface area contributed by atoms with Crippen LogP contribution in [-0.4, -0.2) is 32.4 Å². The summed E-state index contributed by atoms with van der Waals surface area (Å²) in [4.78, 5) is 9.07. The predicted molar refractivity (Wildman–Crippen MR) is 91.8 cm³/mol. The second kappa shape index (κ2) is 6.13. The molecule has 3 aromatic heterocycles. The zero-order valence-corrected chi connectivity index (χ0v) is 14.2. The average Bonchev–Trinajstić information content (AvgIpc) is 3.19. The molecule has 24 heavy (non-hydrogen) atoms. The Morgan fingerprint density at radius 1 is 1.50 bits per heavy atom. The lowest BCUT2D eigenvalue weighted by Crippen LogP contribution is -2.29. The van der Waals surface area contributed by atoms with Gasteiger partial charge in [-0.2, -0.15) is 5.26 Å². The number of aliphatic hydroxyl groups excluding tert-OH is 1. The molecule has 4 rings (SSSR count). The van der Waals surface area contributed by atoms with Crippen molar-refractivity contribution in [1.29, 1.82) is 5.26 Å². The van der Waals surface area contributed by atoms with Crippen LogP contribution in [0.3, 0.4) is 0 Å². The molecule has 1 N–H and O–H groups in total. The second-order valence-electron chi connectivity index (χ2n) is 6.19. The number of pyridine rings is 1. The quantitative estimate of drug-likeness (QED) is 0.789. The standard InChI is InChI=1S/C17H18N4O2S/c1-10(22)17-20-14-8-19-13-5-7-24-16(13)15(14)21(17)11-2-3-12(4-6-18)23-9-11/h5,7-8,10-12,22H,2-4,9H2,1H3. The maximum absolute atomic E-state index is 10.2. The van der Waals surface area contributed by atoms with Crippen molar-refractivity contribution in [3.63, 3.8) is 0 Å². The van der Waals surface area contributed by atoms with E-state index in [2.05, 4.69) is 20.6 Å². The van der Waals surface area contributed by atoms with Gasteiger partial charge < -0.3 is 14.4 Å². The van der Waals surface area contributed by atoms with Crippen LogP contribution >= 0.6 is 11.3 Å². The van der Waals surface area contributed by atoms with Crippen LogP contribution in [0.15, 0.2) is 17.6 Å². The Balaban J connectivity index is 1.82. The maximum atomic E-state index is 10.2. The number of fused-ring (bicyclic) bond motifs is 3. The van der Waals surface area contributed by atoms with Gasteiger partial charge in [-0.3, -0.25) is 4.98 Å². The number of imidazole rings is 1. The van der Waals surface area contributed by atoms with Crippen molar-refractivity contribution in [2.75, 3.05) is 6.61 Å². The van der Waals surface area contributed by atoms with E-state index in [9.17, 15) is 5.11 Å². The molecule has 6 nitrogen and oxygen atoms in total. The molecule has 0 aromatic carbocycles. The first kappa shape index (κ1) is 15.5. The summed E-state index contributed by atoms with van der Waals surface area (Å²) in [5.74, 6) is 0.653. The minimum Gasteiger partial charge on any atom is -0.385 e. The van der Waals surface area contributed by atoms with Crippen molar-refractivity contribution in [2.24, 2.45) is 0 Å². The third kappa shape index (κ3) is 2.47. The Morgan fingerprint density at radius 3 is 3.08 bits per heavy atom. The highest BCUT2D eigenvalue weighted by atomic mass is 32.1. The lowest BCUT2D eigenvalue weighted by atomic mass is 10.0. The molecule has 0 radical (unpaired) electrons. The average molecular weight is 342 g/mol. The molecule has 0 saturated carbocycles. The highest BCUT2D eigenvalue weighted by Gasteiger charge is 2.28. The Bertz CT molecular complexity index is 916. The van der Waals surface area contributed by atoms with Crippen LogP contribution in [-0.2, 0) is 4.74 Å². The van der Waals surface area contributed by atoms with Crippen molar-refractivity contribution in [1.82, 2.24) is 14.5 Å². The summed E-state index contributed by atoms with van der Waals surface area (Å²) in [5.41, 5.74) is 2.78. The molecular formula is C17H18N4O2S. The normalized spacial score (nSPS) is 22.7. The van der Waals surface area contributed by atoms with E-state index in [-0.39, 0.29) is 12.1 Å². The Morgan fingerprint density at radius 2 is 2.38 bits per heavy atom. The molecule has 1 saturated heterocycles. The molecular weight excluding hydrogens is 324 g/mol.